The maximum Gasteiger partial charge on any atom is 0.573 e. The second-order valence-corrected chi connectivity index (χ2v) is 9.04. The summed E-state index contributed by atoms with van der Waals surface area (Å²) < 4.78 is 57.6. The highest BCUT2D eigenvalue weighted by Crippen LogP contribution is 2.30. The Balaban J connectivity index is 1.52. The van der Waals surface area contributed by atoms with E-state index in [2.05, 4.69) is 10.1 Å². The molecule has 2 heterocycles. The number of carbonyl (C=O) groups is 3. The zero-order valence-corrected chi connectivity index (χ0v) is 20.3. The summed E-state index contributed by atoms with van der Waals surface area (Å²) in [5, 5.41) is 2.93. The van der Waals surface area contributed by atoms with Crippen LogP contribution in [-0.4, -0.2) is 46.0 Å². The van der Waals surface area contributed by atoms with E-state index in [0.29, 0.717) is 24.8 Å². The van der Waals surface area contributed by atoms with E-state index in [9.17, 15) is 31.9 Å². The number of benzene rings is 2. The van der Waals surface area contributed by atoms with E-state index in [0.717, 1.165) is 12.1 Å². The van der Waals surface area contributed by atoms with E-state index in [1.54, 1.807) is 6.07 Å². The van der Waals surface area contributed by atoms with Gasteiger partial charge in [-0.2, -0.15) is 0 Å². The lowest BCUT2D eigenvalue weighted by Gasteiger charge is -2.24. The van der Waals surface area contributed by atoms with Gasteiger partial charge in [-0.1, -0.05) is 23.7 Å². The maximum absolute atomic E-state index is 14.1. The quantitative estimate of drug-likeness (QED) is 0.344. The number of nitrogens with zero attached hydrogens (tertiary/aromatic N) is 2. The predicted molar refractivity (Wildman–Crippen MR) is 127 cm³/mol. The Morgan fingerprint density at radius 1 is 1.19 bits per heavy atom. The van der Waals surface area contributed by atoms with Crippen molar-refractivity contribution >= 4 is 40.1 Å². The van der Waals surface area contributed by atoms with Crippen LogP contribution >= 0.6 is 11.6 Å². The van der Waals surface area contributed by atoms with Gasteiger partial charge in [0.2, 0.25) is 11.8 Å². The molecule has 1 saturated heterocycles. The summed E-state index contributed by atoms with van der Waals surface area (Å²) in [6, 6.07) is 7.16. The van der Waals surface area contributed by atoms with Crippen molar-refractivity contribution in [3.63, 3.8) is 0 Å². The molecule has 0 unspecified atom stereocenters. The third-order valence-corrected chi connectivity index (χ3v) is 6.42. The summed E-state index contributed by atoms with van der Waals surface area (Å²) in [5.41, 5.74) is 0.640. The lowest BCUT2D eigenvalue weighted by atomic mass is 10.1. The molecule has 1 atom stereocenters. The van der Waals surface area contributed by atoms with Crippen molar-refractivity contribution < 1.29 is 36.7 Å². The zero-order chi connectivity index (χ0) is 26.9. The molecule has 37 heavy (non-hydrogen) atoms. The molecule has 1 aliphatic rings. The Labute approximate surface area is 213 Å². The fourth-order valence-corrected chi connectivity index (χ4v) is 4.63. The Morgan fingerprint density at radius 3 is 2.65 bits per heavy atom. The van der Waals surface area contributed by atoms with Crippen LogP contribution in [0.25, 0.3) is 10.9 Å². The van der Waals surface area contributed by atoms with Gasteiger partial charge >= 0.3 is 6.36 Å². The lowest BCUT2D eigenvalue weighted by molar-refractivity contribution is -0.274. The van der Waals surface area contributed by atoms with E-state index >= 15 is 0 Å². The van der Waals surface area contributed by atoms with E-state index in [4.69, 9.17) is 11.6 Å². The fraction of sp³-hybridized carbons (Fsp3) is 0.320. The van der Waals surface area contributed by atoms with Crippen molar-refractivity contribution in [1.82, 2.24) is 14.8 Å². The van der Waals surface area contributed by atoms with Crippen LogP contribution in [0.1, 0.15) is 35.7 Å². The third kappa shape index (κ3) is 5.87. The molecule has 1 N–H and O–H groups in total. The maximum atomic E-state index is 14.1. The van der Waals surface area contributed by atoms with Crippen LogP contribution in [0.15, 0.2) is 42.6 Å². The second-order valence-electron chi connectivity index (χ2n) is 8.63. The van der Waals surface area contributed by atoms with Crippen LogP contribution < -0.4 is 10.1 Å². The topological polar surface area (TPSA) is 80.6 Å². The highest BCUT2D eigenvalue weighted by atomic mass is 35.5. The Hall–Kier alpha value is -3.60. The van der Waals surface area contributed by atoms with E-state index in [-0.39, 0.29) is 40.5 Å². The molecule has 1 fully saturated rings. The summed E-state index contributed by atoms with van der Waals surface area (Å²) >= 11 is 5.77. The molecule has 0 saturated carbocycles. The number of halogens is 5. The number of hydrogen-bond donors (Lipinski definition) is 1. The van der Waals surface area contributed by atoms with Gasteiger partial charge in [0.05, 0.1) is 10.5 Å². The number of likely N-dealkylation sites (tertiary alicyclic amines) is 1. The van der Waals surface area contributed by atoms with Gasteiger partial charge in [-0.3, -0.25) is 14.4 Å². The highest BCUT2D eigenvalue weighted by molar-refractivity contribution is 6.30. The normalized spacial score (nSPS) is 15.7. The first-order chi connectivity index (χ1) is 17.4. The smallest absolute Gasteiger partial charge is 0.406 e. The molecule has 2 amide bonds. The number of Topliss-reactive ketones (excluding diaryl/α,β-unsaturated/α-hetero) is 1. The third-order valence-electron chi connectivity index (χ3n) is 6.13. The van der Waals surface area contributed by atoms with E-state index in [1.807, 2.05) is 0 Å². The van der Waals surface area contributed by atoms with E-state index < -0.39 is 35.8 Å². The van der Waals surface area contributed by atoms with Gasteiger partial charge in [0.1, 0.15) is 24.2 Å². The van der Waals surface area contributed by atoms with Crippen LogP contribution in [0, 0.1) is 5.82 Å². The summed E-state index contributed by atoms with van der Waals surface area (Å²) in [4.78, 5) is 39.5. The van der Waals surface area contributed by atoms with Crippen molar-refractivity contribution in [2.24, 2.45) is 0 Å². The highest BCUT2D eigenvalue weighted by Gasteiger charge is 2.35. The minimum Gasteiger partial charge on any atom is -0.406 e. The molecule has 0 aliphatic carbocycles. The summed E-state index contributed by atoms with van der Waals surface area (Å²) in [5.74, 6) is -2.38. The molecule has 0 bridgehead atoms. The summed E-state index contributed by atoms with van der Waals surface area (Å²) in [6.45, 7) is 1.18. The molecule has 7 nitrogen and oxygen atoms in total. The van der Waals surface area contributed by atoms with Crippen LogP contribution in [0.2, 0.25) is 5.02 Å². The Kier molecular flexibility index (Phi) is 7.44. The number of hydrogen-bond acceptors (Lipinski definition) is 4. The number of rotatable bonds is 7. The standard InChI is InChI=1S/C25H22ClF4N3O4/c1-14(34)18-12-32(21-10-16(7-8-17(18)21)37-25(28,29)30)13-22(35)33-9-3-6-20(33)24(36)31-11-15-4-2-5-19(26)23(15)27/h2,4-5,7-8,10,12,20H,3,6,9,11,13H2,1H3,(H,31,36)/t20-/m0/s1. The first kappa shape index (κ1) is 26.5. The predicted octanol–water partition coefficient (Wildman–Crippen LogP) is 4.84. The van der Waals surface area contributed by atoms with Gasteiger partial charge in [-0.05, 0) is 38.0 Å². The van der Waals surface area contributed by atoms with Gasteiger partial charge in [0, 0.05) is 41.9 Å². The molecule has 196 valence electrons. The number of carbonyl (C=O) groups excluding carboxylic acids is 3. The number of ether oxygens (including phenoxy) is 1. The molecule has 4 rings (SSSR count). The van der Waals surface area contributed by atoms with Crippen LogP contribution in [0.4, 0.5) is 17.6 Å². The first-order valence-electron chi connectivity index (χ1n) is 11.3. The number of aromatic nitrogens is 1. The molecule has 0 radical (unpaired) electrons. The van der Waals surface area contributed by atoms with Crippen molar-refractivity contribution in [1.29, 1.82) is 0 Å². The largest absolute Gasteiger partial charge is 0.573 e. The molecular formula is C25H22ClF4N3O4. The monoisotopic (exact) mass is 539 g/mol. The first-order valence-corrected chi connectivity index (χ1v) is 11.7. The van der Waals surface area contributed by atoms with Crippen molar-refractivity contribution in [3.8, 4) is 5.75 Å². The van der Waals surface area contributed by atoms with Crippen LogP contribution in [0.5, 0.6) is 5.75 Å². The molecular weight excluding hydrogens is 518 g/mol. The van der Waals surface area contributed by atoms with Crippen LogP contribution in [-0.2, 0) is 22.7 Å². The van der Waals surface area contributed by atoms with Crippen molar-refractivity contribution in [2.75, 3.05) is 6.54 Å². The number of ketones is 1. The number of amides is 2. The Bertz CT molecular complexity index is 1370. The molecule has 0 spiro atoms. The number of nitrogens with one attached hydrogen (secondary N) is 1. The minimum atomic E-state index is -4.91. The Morgan fingerprint density at radius 2 is 1.95 bits per heavy atom. The summed E-state index contributed by atoms with van der Waals surface area (Å²) in [6.07, 6.45) is -2.56. The van der Waals surface area contributed by atoms with Gasteiger partial charge in [-0.15, -0.1) is 13.2 Å². The molecule has 1 aromatic heterocycles. The molecule has 1 aliphatic heterocycles. The second kappa shape index (κ2) is 10.4. The lowest BCUT2D eigenvalue weighted by Crippen LogP contribution is -2.46. The fourth-order valence-electron chi connectivity index (χ4n) is 4.44. The summed E-state index contributed by atoms with van der Waals surface area (Å²) in [7, 11) is 0. The SMILES string of the molecule is CC(=O)c1cn(CC(=O)N2CCC[C@H]2C(=O)NCc2cccc(Cl)c2F)c2cc(OC(F)(F)F)ccc12. The van der Waals surface area contributed by atoms with Crippen molar-refractivity contribution in [3.05, 3.63) is 64.6 Å². The van der Waals surface area contributed by atoms with E-state index in [1.165, 1.54) is 40.8 Å². The number of alkyl halides is 3. The average Bonchev–Trinajstić information content (AvgIpc) is 3.44. The molecule has 12 heteroatoms. The molecule has 2 aromatic carbocycles. The minimum absolute atomic E-state index is 0.0721. The average molecular weight is 540 g/mol. The van der Waals surface area contributed by atoms with Crippen molar-refractivity contribution in [2.45, 2.75) is 45.3 Å². The van der Waals surface area contributed by atoms with Gasteiger partial charge < -0.3 is 19.5 Å². The molecule has 3 aromatic rings. The zero-order valence-electron chi connectivity index (χ0n) is 19.6. The van der Waals surface area contributed by atoms with Gasteiger partial charge in [-0.25, -0.2) is 4.39 Å². The van der Waals surface area contributed by atoms with Gasteiger partial charge in [0.15, 0.2) is 5.78 Å². The van der Waals surface area contributed by atoms with Gasteiger partial charge in [0.25, 0.3) is 0 Å². The van der Waals surface area contributed by atoms with Crippen LogP contribution in [0.3, 0.4) is 0 Å². The number of fused-ring (bicyclic) bond motifs is 1.